The minimum Gasteiger partial charge on any atom is -0.481 e. The SMILES string of the molecule is O=C(O)CC(CC(=O)O)CN1CCNCC1. The molecule has 1 fully saturated rings. The number of rotatable bonds is 6. The fourth-order valence-electron chi connectivity index (χ4n) is 1.95. The third-order valence-corrected chi connectivity index (χ3v) is 2.65. The van der Waals surface area contributed by atoms with Crippen LogP contribution in [-0.4, -0.2) is 59.8 Å². The summed E-state index contributed by atoms with van der Waals surface area (Å²) in [5.41, 5.74) is 0. The maximum atomic E-state index is 10.6. The number of carbonyl (C=O) groups is 2. The molecule has 6 heteroatoms. The predicted octanol–water partition coefficient (Wildman–Crippen LogP) is -0.543. The lowest BCUT2D eigenvalue weighted by Crippen LogP contribution is -2.45. The second-order valence-corrected chi connectivity index (χ2v) is 4.11. The Morgan fingerprint density at radius 1 is 1.12 bits per heavy atom. The molecule has 0 bridgehead atoms. The van der Waals surface area contributed by atoms with Crippen molar-refractivity contribution < 1.29 is 19.8 Å². The van der Waals surface area contributed by atoms with Gasteiger partial charge in [-0.1, -0.05) is 0 Å². The van der Waals surface area contributed by atoms with Crippen molar-refractivity contribution in [3.63, 3.8) is 0 Å². The zero-order chi connectivity index (χ0) is 12.0. The summed E-state index contributed by atoms with van der Waals surface area (Å²) in [5, 5.41) is 20.6. The summed E-state index contributed by atoms with van der Waals surface area (Å²) in [6, 6.07) is 0. The smallest absolute Gasteiger partial charge is 0.303 e. The fourth-order valence-corrected chi connectivity index (χ4v) is 1.95. The minimum absolute atomic E-state index is 0.0732. The Morgan fingerprint density at radius 2 is 1.62 bits per heavy atom. The van der Waals surface area contributed by atoms with Crippen molar-refractivity contribution in [3.05, 3.63) is 0 Å². The van der Waals surface area contributed by atoms with Crippen molar-refractivity contribution in [1.29, 1.82) is 0 Å². The van der Waals surface area contributed by atoms with Gasteiger partial charge in [-0.2, -0.15) is 0 Å². The first-order chi connectivity index (χ1) is 7.58. The molecular formula is C10H18N2O4. The average Bonchev–Trinajstić information content (AvgIpc) is 2.16. The van der Waals surface area contributed by atoms with E-state index >= 15 is 0 Å². The van der Waals surface area contributed by atoms with E-state index in [0.29, 0.717) is 6.54 Å². The van der Waals surface area contributed by atoms with Crippen LogP contribution >= 0.6 is 0 Å². The fraction of sp³-hybridized carbons (Fsp3) is 0.800. The molecule has 0 radical (unpaired) electrons. The summed E-state index contributed by atoms with van der Waals surface area (Å²) in [7, 11) is 0. The third kappa shape index (κ3) is 5.09. The third-order valence-electron chi connectivity index (χ3n) is 2.65. The highest BCUT2D eigenvalue weighted by atomic mass is 16.4. The number of hydrogen-bond donors (Lipinski definition) is 3. The van der Waals surface area contributed by atoms with E-state index in [1.165, 1.54) is 0 Å². The van der Waals surface area contributed by atoms with Crippen molar-refractivity contribution in [1.82, 2.24) is 10.2 Å². The maximum Gasteiger partial charge on any atom is 0.303 e. The molecular weight excluding hydrogens is 212 g/mol. The maximum absolute atomic E-state index is 10.6. The Balaban J connectivity index is 2.40. The highest BCUT2D eigenvalue weighted by Crippen LogP contribution is 2.11. The molecule has 0 aromatic carbocycles. The quantitative estimate of drug-likeness (QED) is 0.567. The Kier molecular flexibility index (Phi) is 5.21. The lowest BCUT2D eigenvalue weighted by molar-refractivity contribution is -0.140. The number of piperazine rings is 1. The Hall–Kier alpha value is -1.14. The molecule has 1 heterocycles. The topological polar surface area (TPSA) is 89.9 Å². The largest absolute Gasteiger partial charge is 0.481 e. The van der Waals surface area contributed by atoms with Gasteiger partial charge in [-0.15, -0.1) is 0 Å². The summed E-state index contributed by atoms with van der Waals surface area (Å²) in [5.74, 6) is -2.16. The normalized spacial score (nSPS) is 17.6. The number of carboxylic acids is 2. The Labute approximate surface area is 94.2 Å². The van der Waals surface area contributed by atoms with Crippen LogP contribution in [0.15, 0.2) is 0 Å². The van der Waals surface area contributed by atoms with Crippen molar-refractivity contribution in [3.8, 4) is 0 Å². The van der Waals surface area contributed by atoms with E-state index in [0.717, 1.165) is 26.2 Å². The summed E-state index contributed by atoms with van der Waals surface area (Å²) in [6.07, 6.45) is -0.146. The first-order valence-corrected chi connectivity index (χ1v) is 5.44. The van der Waals surface area contributed by atoms with Crippen molar-refractivity contribution >= 4 is 11.9 Å². The molecule has 0 atom stereocenters. The second kappa shape index (κ2) is 6.44. The van der Waals surface area contributed by atoms with E-state index in [4.69, 9.17) is 10.2 Å². The highest BCUT2D eigenvalue weighted by Gasteiger charge is 2.21. The van der Waals surface area contributed by atoms with Gasteiger partial charge in [-0.3, -0.25) is 9.59 Å². The van der Waals surface area contributed by atoms with Gasteiger partial charge < -0.3 is 20.4 Å². The van der Waals surface area contributed by atoms with Crippen LogP contribution in [0.4, 0.5) is 0 Å². The summed E-state index contributed by atoms with van der Waals surface area (Å²) in [4.78, 5) is 23.3. The van der Waals surface area contributed by atoms with Crippen LogP contribution in [0.1, 0.15) is 12.8 Å². The van der Waals surface area contributed by atoms with Crippen LogP contribution in [0.5, 0.6) is 0 Å². The molecule has 0 aromatic rings. The van der Waals surface area contributed by atoms with Crippen molar-refractivity contribution in [2.75, 3.05) is 32.7 Å². The lowest BCUT2D eigenvalue weighted by atomic mass is 10.0. The Bertz CT molecular complexity index is 235. The summed E-state index contributed by atoms with van der Waals surface area (Å²) in [6.45, 7) is 4.03. The van der Waals surface area contributed by atoms with Gasteiger partial charge in [0, 0.05) is 45.6 Å². The van der Waals surface area contributed by atoms with E-state index in [9.17, 15) is 9.59 Å². The number of aliphatic carboxylic acids is 2. The molecule has 92 valence electrons. The minimum atomic E-state index is -0.929. The molecule has 0 unspecified atom stereocenters. The van der Waals surface area contributed by atoms with Gasteiger partial charge in [0.15, 0.2) is 0 Å². The molecule has 0 amide bonds. The number of hydrogen-bond acceptors (Lipinski definition) is 4. The predicted molar refractivity (Wildman–Crippen MR) is 57.3 cm³/mol. The first kappa shape index (κ1) is 12.9. The molecule has 16 heavy (non-hydrogen) atoms. The molecule has 0 aromatic heterocycles. The molecule has 6 nitrogen and oxygen atoms in total. The van der Waals surface area contributed by atoms with Gasteiger partial charge in [-0.25, -0.2) is 0 Å². The van der Waals surface area contributed by atoms with Crippen LogP contribution in [0.3, 0.4) is 0 Å². The van der Waals surface area contributed by atoms with Crippen LogP contribution < -0.4 is 5.32 Å². The Morgan fingerprint density at radius 3 is 2.06 bits per heavy atom. The molecule has 0 aliphatic carbocycles. The van der Waals surface area contributed by atoms with Crippen LogP contribution in [0, 0.1) is 5.92 Å². The van der Waals surface area contributed by atoms with E-state index in [1.54, 1.807) is 0 Å². The van der Waals surface area contributed by atoms with E-state index in [2.05, 4.69) is 10.2 Å². The average molecular weight is 230 g/mol. The summed E-state index contributed by atoms with van der Waals surface area (Å²) >= 11 is 0. The van der Waals surface area contributed by atoms with Gasteiger partial charge >= 0.3 is 11.9 Å². The second-order valence-electron chi connectivity index (χ2n) is 4.11. The first-order valence-electron chi connectivity index (χ1n) is 5.44. The van der Waals surface area contributed by atoms with E-state index in [-0.39, 0.29) is 18.8 Å². The van der Waals surface area contributed by atoms with Gasteiger partial charge in [0.1, 0.15) is 0 Å². The van der Waals surface area contributed by atoms with Crippen LogP contribution in [0.2, 0.25) is 0 Å². The molecule has 0 spiro atoms. The van der Waals surface area contributed by atoms with Gasteiger partial charge in [-0.05, 0) is 5.92 Å². The van der Waals surface area contributed by atoms with Crippen LogP contribution in [0.25, 0.3) is 0 Å². The molecule has 0 saturated carbocycles. The number of carboxylic acid groups (broad SMARTS) is 2. The zero-order valence-electron chi connectivity index (χ0n) is 9.19. The molecule has 1 saturated heterocycles. The monoisotopic (exact) mass is 230 g/mol. The zero-order valence-corrected chi connectivity index (χ0v) is 9.19. The molecule has 1 aliphatic rings. The van der Waals surface area contributed by atoms with Crippen molar-refractivity contribution in [2.24, 2.45) is 5.92 Å². The molecule has 1 aliphatic heterocycles. The molecule has 3 N–H and O–H groups in total. The van der Waals surface area contributed by atoms with Gasteiger partial charge in [0.2, 0.25) is 0 Å². The van der Waals surface area contributed by atoms with E-state index in [1.807, 2.05) is 0 Å². The standard InChI is InChI=1S/C10H18N2O4/c13-9(14)5-8(6-10(15)16)7-12-3-1-11-2-4-12/h8,11H,1-7H2,(H,13,14)(H,15,16). The number of nitrogens with zero attached hydrogens (tertiary/aromatic N) is 1. The van der Waals surface area contributed by atoms with Crippen molar-refractivity contribution in [2.45, 2.75) is 12.8 Å². The lowest BCUT2D eigenvalue weighted by Gasteiger charge is -2.29. The van der Waals surface area contributed by atoms with Crippen LogP contribution in [-0.2, 0) is 9.59 Å². The van der Waals surface area contributed by atoms with Gasteiger partial charge in [0.25, 0.3) is 0 Å². The highest BCUT2D eigenvalue weighted by molar-refractivity contribution is 5.70. The van der Waals surface area contributed by atoms with Gasteiger partial charge in [0.05, 0.1) is 0 Å². The molecule has 1 rings (SSSR count). The number of nitrogens with one attached hydrogen (secondary N) is 1. The van der Waals surface area contributed by atoms with E-state index < -0.39 is 11.9 Å². The summed E-state index contributed by atoms with van der Waals surface area (Å²) < 4.78 is 0.